The zero-order valence-electron chi connectivity index (χ0n) is 10.7. The van der Waals surface area contributed by atoms with Crippen LogP contribution in [0.1, 0.15) is 0 Å². The fraction of sp³-hybridized carbons (Fsp3) is 0.273. The van der Waals surface area contributed by atoms with Gasteiger partial charge in [0.25, 0.3) is 5.69 Å². The van der Waals surface area contributed by atoms with Crippen molar-refractivity contribution < 1.29 is 19.2 Å². The highest BCUT2D eigenvalue weighted by Crippen LogP contribution is 2.14. The SMILES string of the molecule is COC(=O)[C@@H](N)CNC(=O)Nc1ccc([N+](=O)[O-])cc1. The van der Waals surface area contributed by atoms with E-state index < -0.39 is 23.0 Å². The van der Waals surface area contributed by atoms with Crippen LogP contribution in [0.4, 0.5) is 16.2 Å². The lowest BCUT2D eigenvalue weighted by Gasteiger charge is -2.11. The van der Waals surface area contributed by atoms with Crippen molar-refractivity contribution in [3.63, 3.8) is 0 Å². The molecule has 1 rings (SSSR count). The summed E-state index contributed by atoms with van der Waals surface area (Å²) in [5.41, 5.74) is 5.73. The number of hydrogen-bond acceptors (Lipinski definition) is 6. The van der Waals surface area contributed by atoms with Gasteiger partial charge in [0.15, 0.2) is 0 Å². The number of anilines is 1. The lowest BCUT2D eigenvalue weighted by atomic mass is 10.3. The van der Waals surface area contributed by atoms with E-state index in [0.717, 1.165) is 0 Å². The Labute approximate surface area is 114 Å². The summed E-state index contributed by atoms with van der Waals surface area (Å²) in [4.78, 5) is 32.4. The fourth-order valence-corrected chi connectivity index (χ4v) is 1.28. The average Bonchev–Trinajstić information content (AvgIpc) is 2.44. The molecule has 9 nitrogen and oxygen atoms in total. The van der Waals surface area contributed by atoms with Gasteiger partial charge in [-0.15, -0.1) is 0 Å². The van der Waals surface area contributed by atoms with E-state index in [1.165, 1.54) is 31.4 Å². The van der Waals surface area contributed by atoms with Crippen LogP contribution in [0.3, 0.4) is 0 Å². The zero-order valence-corrected chi connectivity index (χ0v) is 10.7. The van der Waals surface area contributed by atoms with Gasteiger partial charge in [-0.3, -0.25) is 14.9 Å². The molecule has 0 fully saturated rings. The molecule has 0 bridgehead atoms. The molecule has 1 aromatic rings. The first-order valence-corrected chi connectivity index (χ1v) is 5.56. The van der Waals surface area contributed by atoms with Crippen molar-refractivity contribution in [2.45, 2.75) is 6.04 Å². The molecular weight excluding hydrogens is 268 g/mol. The number of amides is 2. The summed E-state index contributed by atoms with van der Waals surface area (Å²) in [5.74, 6) is -0.638. The number of nitrogens with zero attached hydrogens (tertiary/aromatic N) is 1. The quantitative estimate of drug-likeness (QED) is 0.401. The van der Waals surface area contributed by atoms with Gasteiger partial charge in [0.2, 0.25) is 0 Å². The Bertz CT molecular complexity index is 502. The largest absolute Gasteiger partial charge is 0.468 e. The van der Waals surface area contributed by atoms with E-state index in [2.05, 4.69) is 15.4 Å². The van der Waals surface area contributed by atoms with Crippen LogP contribution in [-0.2, 0) is 9.53 Å². The molecule has 1 atom stereocenters. The first kappa shape index (κ1) is 15.4. The van der Waals surface area contributed by atoms with Gasteiger partial charge in [-0.2, -0.15) is 0 Å². The van der Waals surface area contributed by atoms with Crippen molar-refractivity contribution in [2.75, 3.05) is 19.0 Å². The number of non-ortho nitro benzene ring substituents is 1. The number of nitro groups is 1. The van der Waals surface area contributed by atoms with Crippen LogP contribution in [-0.4, -0.2) is 36.6 Å². The first-order valence-electron chi connectivity index (χ1n) is 5.56. The maximum Gasteiger partial charge on any atom is 0.324 e. The van der Waals surface area contributed by atoms with Crippen LogP contribution in [0.2, 0.25) is 0 Å². The molecule has 0 unspecified atom stereocenters. The van der Waals surface area contributed by atoms with Crippen molar-refractivity contribution in [3.8, 4) is 0 Å². The average molecular weight is 282 g/mol. The van der Waals surface area contributed by atoms with Crippen molar-refractivity contribution in [2.24, 2.45) is 5.73 Å². The van der Waals surface area contributed by atoms with Gasteiger partial charge < -0.3 is 21.1 Å². The van der Waals surface area contributed by atoms with E-state index in [1.807, 2.05) is 0 Å². The minimum absolute atomic E-state index is 0.0799. The maximum absolute atomic E-state index is 11.5. The molecular formula is C11H14N4O5. The van der Waals surface area contributed by atoms with Crippen LogP contribution in [0.25, 0.3) is 0 Å². The number of rotatable bonds is 5. The molecule has 4 N–H and O–H groups in total. The van der Waals surface area contributed by atoms with Crippen molar-refractivity contribution in [1.29, 1.82) is 0 Å². The molecule has 0 aliphatic rings. The number of nitrogens with two attached hydrogens (primary N) is 1. The minimum atomic E-state index is -0.956. The van der Waals surface area contributed by atoms with E-state index in [1.54, 1.807) is 0 Å². The Kier molecular flexibility index (Phi) is 5.42. The van der Waals surface area contributed by atoms with Gasteiger partial charge in [0.1, 0.15) is 6.04 Å². The Hall–Kier alpha value is -2.68. The van der Waals surface area contributed by atoms with Crippen molar-refractivity contribution in [3.05, 3.63) is 34.4 Å². The summed E-state index contributed by atoms with van der Waals surface area (Å²) >= 11 is 0. The first-order chi connectivity index (χ1) is 9.43. The second-order valence-corrected chi connectivity index (χ2v) is 3.77. The summed E-state index contributed by atoms with van der Waals surface area (Å²) < 4.78 is 4.40. The summed E-state index contributed by atoms with van der Waals surface area (Å²) in [6.45, 7) is -0.0918. The lowest BCUT2D eigenvalue weighted by Crippen LogP contribution is -2.44. The minimum Gasteiger partial charge on any atom is -0.468 e. The van der Waals surface area contributed by atoms with Gasteiger partial charge in [0, 0.05) is 24.4 Å². The summed E-state index contributed by atoms with van der Waals surface area (Å²) in [6, 6.07) is 3.75. The number of nitro benzene ring substituents is 1. The highest BCUT2D eigenvalue weighted by Gasteiger charge is 2.14. The van der Waals surface area contributed by atoms with E-state index in [4.69, 9.17) is 5.73 Å². The molecule has 0 saturated heterocycles. The molecule has 0 aliphatic heterocycles. The van der Waals surface area contributed by atoms with Gasteiger partial charge in [-0.1, -0.05) is 0 Å². The monoisotopic (exact) mass is 282 g/mol. The number of methoxy groups -OCH3 is 1. The standard InChI is InChI=1S/C11H14N4O5/c1-20-10(16)9(12)6-13-11(17)14-7-2-4-8(5-3-7)15(18)19/h2-5,9H,6,12H2,1H3,(H2,13,14,17)/t9-/m0/s1. The highest BCUT2D eigenvalue weighted by molar-refractivity contribution is 5.89. The Balaban J connectivity index is 2.46. The van der Waals surface area contributed by atoms with Gasteiger partial charge in [-0.05, 0) is 12.1 Å². The number of ether oxygens (including phenoxy) is 1. The number of urea groups is 1. The molecule has 108 valence electrons. The number of esters is 1. The Morgan fingerprint density at radius 3 is 2.50 bits per heavy atom. The molecule has 2 amide bonds. The van der Waals surface area contributed by atoms with Crippen LogP contribution >= 0.6 is 0 Å². The normalized spacial score (nSPS) is 11.3. The lowest BCUT2D eigenvalue weighted by molar-refractivity contribution is -0.384. The smallest absolute Gasteiger partial charge is 0.324 e. The Morgan fingerprint density at radius 2 is 2.00 bits per heavy atom. The molecule has 9 heteroatoms. The number of nitrogens with one attached hydrogen (secondary N) is 2. The maximum atomic E-state index is 11.5. The van der Waals surface area contributed by atoms with Crippen molar-refractivity contribution in [1.82, 2.24) is 5.32 Å². The second-order valence-electron chi connectivity index (χ2n) is 3.77. The summed E-state index contributed by atoms with van der Waals surface area (Å²) in [7, 11) is 1.19. The van der Waals surface area contributed by atoms with E-state index in [9.17, 15) is 19.7 Å². The second kappa shape index (κ2) is 7.04. The molecule has 0 radical (unpaired) electrons. The van der Waals surface area contributed by atoms with Gasteiger partial charge in [-0.25, -0.2) is 4.79 Å². The number of hydrogen-bond donors (Lipinski definition) is 3. The fourth-order valence-electron chi connectivity index (χ4n) is 1.28. The zero-order chi connectivity index (χ0) is 15.1. The van der Waals surface area contributed by atoms with Crippen molar-refractivity contribution >= 4 is 23.4 Å². The summed E-state index contributed by atoms with van der Waals surface area (Å²) in [6.07, 6.45) is 0. The Morgan fingerprint density at radius 1 is 1.40 bits per heavy atom. The third-order valence-electron chi connectivity index (χ3n) is 2.32. The summed E-state index contributed by atoms with van der Waals surface area (Å²) in [5, 5.41) is 15.3. The molecule has 1 aromatic carbocycles. The van der Waals surface area contributed by atoms with Crippen LogP contribution in [0, 0.1) is 10.1 Å². The van der Waals surface area contributed by atoms with Gasteiger partial charge >= 0.3 is 12.0 Å². The topological polar surface area (TPSA) is 137 Å². The van der Waals surface area contributed by atoms with Gasteiger partial charge in [0.05, 0.1) is 12.0 Å². The van der Waals surface area contributed by atoms with Crippen LogP contribution in [0.15, 0.2) is 24.3 Å². The predicted octanol–water partition coefficient (Wildman–Crippen LogP) is 0.217. The molecule has 0 heterocycles. The number of carbonyl (C=O) groups is 2. The predicted molar refractivity (Wildman–Crippen MR) is 70.1 cm³/mol. The number of carbonyl (C=O) groups excluding carboxylic acids is 2. The molecule has 20 heavy (non-hydrogen) atoms. The third-order valence-corrected chi connectivity index (χ3v) is 2.32. The molecule has 0 saturated carbocycles. The molecule has 0 aliphatic carbocycles. The van der Waals surface area contributed by atoms with Crippen LogP contribution in [0.5, 0.6) is 0 Å². The highest BCUT2D eigenvalue weighted by atomic mass is 16.6. The molecule has 0 aromatic heterocycles. The third kappa shape index (κ3) is 4.53. The van der Waals surface area contributed by atoms with E-state index in [0.29, 0.717) is 5.69 Å². The molecule has 0 spiro atoms. The van der Waals surface area contributed by atoms with Crippen LogP contribution < -0.4 is 16.4 Å². The van der Waals surface area contributed by atoms with E-state index >= 15 is 0 Å². The van der Waals surface area contributed by atoms with E-state index in [-0.39, 0.29) is 12.2 Å². The number of benzene rings is 1.